The predicted octanol–water partition coefficient (Wildman–Crippen LogP) is 1.80. The molecule has 0 bridgehead atoms. The van der Waals surface area contributed by atoms with Gasteiger partial charge in [0.05, 0.1) is 5.57 Å². The highest BCUT2D eigenvalue weighted by atomic mass is 16.3. The number of amides is 1. The fraction of sp³-hybridized carbons (Fsp3) is 0.471. The van der Waals surface area contributed by atoms with Gasteiger partial charge >= 0.3 is 0 Å². The van der Waals surface area contributed by atoms with Gasteiger partial charge in [-0.1, -0.05) is 12.2 Å². The SMILES string of the molecule is C=N/C=C(\C=C/CCC(CO)CCNC)C(=O)Nc1cc(C)[nH]n1. The molecular weight excluding hydrogens is 306 g/mol. The van der Waals surface area contributed by atoms with Gasteiger partial charge in [0.1, 0.15) is 0 Å². The van der Waals surface area contributed by atoms with Crippen molar-refractivity contribution in [2.75, 3.05) is 25.5 Å². The van der Waals surface area contributed by atoms with Crippen LogP contribution >= 0.6 is 0 Å². The number of aromatic nitrogens is 2. The van der Waals surface area contributed by atoms with Crippen molar-refractivity contribution < 1.29 is 9.90 Å². The number of aromatic amines is 1. The van der Waals surface area contributed by atoms with E-state index in [1.165, 1.54) is 6.20 Å². The van der Waals surface area contributed by atoms with E-state index < -0.39 is 0 Å². The highest BCUT2D eigenvalue weighted by molar-refractivity contribution is 6.05. The number of nitrogens with zero attached hydrogens (tertiary/aromatic N) is 2. The molecule has 1 aromatic rings. The van der Waals surface area contributed by atoms with Crippen LogP contribution in [0.15, 0.2) is 35.0 Å². The number of hydrogen-bond acceptors (Lipinski definition) is 5. The second-order valence-electron chi connectivity index (χ2n) is 5.58. The van der Waals surface area contributed by atoms with Crippen molar-refractivity contribution in [1.82, 2.24) is 15.5 Å². The molecule has 0 aliphatic heterocycles. The minimum Gasteiger partial charge on any atom is -0.396 e. The maximum Gasteiger partial charge on any atom is 0.258 e. The number of anilines is 1. The number of hydrogen-bond donors (Lipinski definition) is 4. The van der Waals surface area contributed by atoms with E-state index in [4.69, 9.17) is 0 Å². The van der Waals surface area contributed by atoms with E-state index in [1.54, 1.807) is 12.1 Å². The molecular formula is C17H27N5O2. The zero-order chi connectivity index (χ0) is 17.8. The Balaban J connectivity index is 2.54. The van der Waals surface area contributed by atoms with Gasteiger partial charge in [-0.25, -0.2) is 0 Å². The van der Waals surface area contributed by atoms with Crippen molar-refractivity contribution in [3.8, 4) is 0 Å². The van der Waals surface area contributed by atoms with Gasteiger partial charge in [-0.3, -0.25) is 14.9 Å². The van der Waals surface area contributed by atoms with Crippen molar-refractivity contribution >= 4 is 18.4 Å². The fourth-order valence-corrected chi connectivity index (χ4v) is 2.16. The van der Waals surface area contributed by atoms with Crippen LogP contribution in [-0.4, -0.2) is 48.1 Å². The van der Waals surface area contributed by atoms with Crippen molar-refractivity contribution in [1.29, 1.82) is 0 Å². The molecule has 7 heteroatoms. The van der Waals surface area contributed by atoms with Crippen LogP contribution in [0.5, 0.6) is 0 Å². The topological polar surface area (TPSA) is 102 Å². The number of carbonyl (C=O) groups is 1. The number of rotatable bonds is 11. The van der Waals surface area contributed by atoms with E-state index in [0.717, 1.165) is 31.5 Å². The lowest BCUT2D eigenvalue weighted by atomic mass is 10.00. The van der Waals surface area contributed by atoms with Crippen LogP contribution in [0, 0.1) is 12.8 Å². The largest absolute Gasteiger partial charge is 0.396 e. The quantitative estimate of drug-likeness (QED) is 0.282. The zero-order valence-electron chi connectivity index (χ0n) is 14.4. The van der Waals surface area contributed by atoms with Gasteiger partial charge in [0.25, 0.3) is 5.91 Å². The minimum atomic E-state index is -0.293. The Morgan fingerprint density at radius 1 is 1.54 bits per heavy atom. The number of aryl methyl sites for hydroxylation is 1. The van der Waals surface area contributed by atoms with E-state index >= 15 is 0 Å². The maximum atomic E-state index is 12.2. The van der Waals surface area contributed by atoms with Crippen LogP contribution in [-0.2, 0) is 4.79 Å². The van der Waals surface area contributed by atoms with Crippen LogP contribution in [0.3, 0.4) is 0 Å². The summed E-state index contributed by atoms with van der Waals surface area (Å²) in [5.74, 6) is 0.431. The molecule has 1 rings (SSSR count). The Hall–Kier alpha value is -2.25. The third-order valence-electron chi connectivity index (χ3n) is 3.54. The first-order chi connectivity index (χ1) is 11.6. The third-order valence-corrected chi connectivity index (χ3v) is 3.54. The van der Waals surface area contributed by atoms with Crippen molar-refractivity contribution in [3.05, 3.63) is 35.7 Å². The van der Waals surface area contributed by atoms with Gasteiger partial charge in [-0.2, -0.15) is 5.10 Å². The molecule has 0 radical (unpaired) electrons. The molecule has 1 amide bonds. The number of H-pyrrole nitrogens is 1. The first-order valence-electron chi connectivity index (χ1n) is 8.02. The molecule has 132 valence electrons. The molecule has 0 fully saturated rings. The number of nitrogens with one attached hydrogen (secondary N) is 3. The Kier molecular flexibility index (Phi) is 9.33. The summed E-state index contributed by atoms with van der Waals surface area (Å²) >= 11 is 0. The standard InChI is InChI=1S/C17H27N5O2/c1-13-10-16(22-21-13)20-17(24)15(11-19-3)7-5-4-6-14(12-23)8-9-18-2/h5,7,10-11,14,18,23H,3-4,6,8-9,12H2,1-2H3,(H2,20,21,22,24)/b7-5-,15-11+. The monoisotopic (exact) mass is 333 g/mol. The van der Waals surface area contributed by atoms with Crippen LogP contribution in [0.4, 0.5) is 5.82 Å². The van der Waals surface area contributed by atoms with Crippen molar-refractivity contribution in [2.45, 2.75) is 26.2 Å². The Labute approximate surface area is 143 Å². The molecule has 1 unspecified atom stereocenters. The van der Waals surface area contributed by atoms with Gasteiger partial charge in [0, 0.05) is 24.6 Å². The molecule has 7 nitrogen and oxygen atoms in total. The molecule has 0 saturated carbocycles. The average molecular weight is 333 g/mol. The highest BCUT2D eigenvalue weighted by Crippen LogP contribution is 2.12. The minimum absolute atomic E-state index is 0.172. The number of carbonyl (C=O) groups excluding carboxylic acids is 1. The van der Waals surface area contributed by atoms with Gasteiger partial charge in [0.15, 0.2) is 5.82 Å². The number of aliphatic imine (C=N–C) groups is 1. The molecule has 1 heterocycles. The fourth-order valence-electron chi connectivity index (χ4n) is 2.16. The van der Waals surface area contributed by atoms with Crippen LogP contribution in [0.25, 0.3) is 0 Å². The van der Waals surface area contributed by atoms with Crippen LogP contribution < -0.4 is 10.6 Å². The lowest BCUT2D eigenvalue weighted by Gasteiger charge is -2.12. The Morgan fingerprint density at radius 2 is 2.33 bits per heavy atom. The average Bonchev–Trinajstić information content (AvgIpc) is 2.97. The summed E-state index contributed by atoms with van der Waals surface area (Å²) in [6, 6.07) is 1.74. The highest BCUT2D eigenvalue weighted by Gasteiger charge is 2.09. The molecule has 0 aliphatic carbocycles. The third kappa shape index (κ3) is 7.34. The number of allylic oxidation sites excluding steroid dienone is 1. The lowest BCUT2D eigenvalue weighted by Crippen LogP contribution is -2.15. The number of aliphatic hydroxyl groups is 1. The van der Waals surface area contributed by atoms with E-state index in [-0.39, 0.29) is 18.4 Å². The van der Waals surface area contributed by atoms with E-state index in [0.29, 0.717) is 11.4 Å². The van der Waals surface area contributed by atoms with Gasteiger partial charge < -0.3 is 15.7 Å². The summed E-state index contributed by atoms with van der Waals surface area (Å²) < 4.78 is 0. The first kappa shape index (κ1) is 19.8. The van der Waals surface area contributed by atoms with E-state index in [9.17, 15) is 9.90 Å². The second-order valence-corrected chi connectivity index (χ2v) is 5.58. The predicted molar refractivity (Wildman–Crippen MR) is 97.1 cm³/mol. The van der Waals surface area contributed by atoms with Crippen molar-refractivity contribution in [2.24, 2.45) is 10.9 Å². The summed E-state index contributed by atoms with van der Waals surface area (Å²) in [6.07, 6.45) is 7.61. The van der Waals surface area contributed by atoms with Gasteiger partial charge in [-0.05, 0) is 52.4 Å². The summed E-state index contributed by atoms with van der Waals surface area (Å²) in [7, 11) is 1.90. The first-order valence-corrected chi connectivity index (χ1v) is 8.02. The van der Waals surface area contributed by atoms with Gasteiger partial charge in [0.2, 0.25) is 0 Å². The summed E-state index contributed by atoms with van der Waals surface area (Å²) in [6.45, 7) is 6.31. The molecule has 4 N–H and O–H groups in total. The van der Waals surface area contributed by atoms with Crippen molar-refractivity contribution in [3.63, 3.8) is 0 Å². The molecule has 0 saturated heterocycles. The molecule has 0 spiro atoms. The Morgan fingerprint density at radius 3 is 2.92 bits per heavy atom. The summed E-state index contributed by atoms with van der Waals surface area (Å²) in [5, 5.41) is 21.9. The smallest absolute Gasteiger partial charge is 0.258 e. The number of aliphatic hydroxyl groups excluding tert-OH is 1. The second kappa shape index (κ2) is 11.3. The van der Waals surface area contributed by atoms with Gasteiger partial charge in [-0.15, -0.1) is 0 Å². The molecule has 24 heavy (non-hydrogen) atoms. The van der Waals surface area contributed by atoms with E-state index in [2.05, 4.69) is 32.5 Å². The zero-order valence-corrected chi connectivity index (χ0v) is 14.4. The van der Waals surface area contributed by atoms with Crippen LogP contribution in [0.2, 0.25) is 0 Å². The normalized spacial score (nSPS) is 13.2. The van der Waals surface area contributed by atoms with Crippen LogP contribution in [0.1, 0.15) is 25.0 Å². The maximum absolute atomic E-state index is 12.2. The van der Waals surface area contributed by atoms with E-state index in [1.807, 2.05) is 20.0 Å². The molecule has 1 aromatic heterocycles. The molecule has 1 atom stereocenters. The Bertz CT molecular complexity index is 577. The summed E-state index contributed by atoms with van der Waals surface area (Å²) in [5.41, 5.74) is 1.27. The molecule has 0 aliphatic rings. The summed E-state index contributed by atoms with van der Waals surface area (Å²) in [4.78, 5) is 15.9. The lowest BCUT2D eigenvalue weighted by molar-refractivity contribution is -0.112. The molecule has 0 aromatic carbocycles.